The number of carbonyl (C=O) groups excluding carboxylic acids is 1. The summed E-state index contributed by atoms with van der Waals surface area (Å²) < 4.78 is 44.2. The molecule has 2 fully saturated rings. The van der Waals surface area contributed by atoms with Gasteiger partial charge in [-0.15, -0.1) is 24.0 Å². The predicted octanol–water partition coefficient (Wildman–Crippen LogP) is 4.14. The molecule has 0 aromatic heterocycles. The monoisotopic (exact) mass is 554 g/mol. The lowest BCUT2D eigenvalue weighted by molar-refractivity contribution is -0.137. The fourth-order valence-electron chi connectivity index (χ4n) is 3.81. The Morgan fingerprint density at radius 1 is 1.29 bits per heavy atom. The number of piperidine rings is 1. The maximum Gasteiger partial charge on any atom is 0.416 e. The molecule has 1 aliphatic heterocycles. The summed E-state index contributed by atoms with van der Waals surface area (Å²) in [6, 6.07) is 5.78. The molecule has 31 heavy (non-hydrogen) atoms. The van der Waals surface area contributed by atoms with E-state index in [0.29, 0.717) is 37.8 Å². The van der Waals surface area contributed by atoms with E-state index in [4.69, 9.17) is 4.74 Å². The van der Waals surface area contributed by atoms with E-state index in [1.165, 1.54) is 12.1 Å². The van der Waals surface area contributed by atoms with Crippen molar-refractivity contribution in [3.05, 3.63) is 35.4 Å². The van der Waals surface area contributed by atoms with Gasteiger partial charge in [-0.3, -0.25) is 4.99 Å². The second kappa shape index (κ2) is 10.7. The highest BCUT2D eigenvalue weighted by Gasteiger charge is 2.45. The number of hydrogen-bond acceptors (Lipinski definition) is 3. The number of amides is 1. The van der Waals surface area contributed by atoms with Crippen LogP contribution in [0.1, 0.15) is 43.7 Å². The Kier molecular flexibility index (Phi) is 8.84. The van der Waals surface area contributed by atoms with E-state index in [1.54, 1.807) is 24.9 Å². The standard InChI is InChI=1S/C21H29F3N4O2.HI/c1-3-30-19(29)28-11-7-17(8-12-28)27-18(25-2)26-14-20(9-10-20)15-5-4-6-16(13-15)21(22,23)24;/h4-6,13,17H,3,7-12,14H2,1-2H3,(H2,25,26,27);1H. The van der Waals surface area contributed by atoms with Gasteiger partial charge in [-0.25, -0.2) is 4.79 Å². The molecule has 3 rings (SSSR count). The minimum Gasteiger partial charge on any atom is -0.450 e. The van der Waals surface area contributed by atoms with Crippen molar-refractivity contribution in [2.24, 2.45) is 4.99 Å². The van der Waals surface area contributed by atoms with Crippen molar-refractivity contribution in [1.29, 1.82) is 0 Å². The molecular weight excluding hydrogens is 524 g/mol. The van der Waals surface area contributed by atoms with Gasteiger partial charge in [-0.05, 0) is 44.2 Å². The van der Waals surface area contributed by atoms with E-state index in [0.717, 1.165) is 31.7 Å². The zero-order valence-corrected chi connectivity index (χ0v) is 20.1. The van der Waals surface area contributed by atoms with Gasteiger partial charge in [-0.2, -0.15) is 13.2 Å². The summed E-state index contributed by atoms with van der Waals surface area (Å²) in [4.78, 5) is 17.8. The number of hydrogen-bond donors (Lipinski definition) is 2. The Morgan fingerprint density at radius 3 is 2.52 bits per heavy atom. The Hall–Kier alpha value is -1.72. The molecule has 2 aliphatic rings. The van der Waals surface area contributed by atoms with Crippen LogP contribution in [0.4, 0.5) is 18.0 Å². The molecular formula is C21H30F3IN4O2. The van der Waals surface area contributed by atoms with Gasteiger partial charge in [0.1, 0.15) is 0 Å². The maximum absolute atomic E-state index is 13.0. The number of likely N-dealkylation sites (tertiary alicyclic amines) is 1. The van der Waals surface area contributed by atoms with E-state index in [1.807, 2.05) is 0 Å². The van der Waals surface area contributed by atoms with Crippen LogP contribution in [-0.2, 0) is 16.3 Å². The number of alkyl halides is 3. The lowest BCUT2D eigenvalue weighted by atomic mass is 9.94. The van der Waals surface area contributed by atoms with Gasteiger partial charge in [0.2, 0.25) is 0 Å². The number of rotatable bonds is 5. The summed E-state index contributed by atoms with van der Waals surface area (Å²) in [5, 5.41) is 6.65. The number of halogens is 4. The quantitative estimate of drug-likeness (QED) is 0.327. The first kappa shape index (κ1) is 25.5. The SMILES string of the molecule is CCOC(=O)N1CCC(NC(=NC)NCC2(c3cccc(C(F)(F)F)c3)CC2)CC1.I. The second-order valence-corrected chi connectivity index (χ2v) is 7.89. The van der Waals surface area contributed by atoms with Crippen molar-refractivity contribution in [2.45, 2.75) is 50.2 Å². The lowest BCUT2D eigenvalue weighted by Crippen LogP contribution is -2.50. The number of ether oxygens (including phenoxy) is 1. The van der Waals surface area contributed by atoms with Crippen LogP contribution >= 0.6 is 24.0 Å². The average Bonchev–Trinajstić information content (AvgIpc) is 3.52. The molecule has 174 valence electrons. The molecule has 0 atom stereocenters. The van der Waals surface area contributed by atoms with Crippen molar-refractivity contribution in [2.75, 3.05) is 33.3 Å². The number of aliphatic imine (C=N–C) groups is 1. The summed E-state index contributed by atoms with van der Waals surface area (Å²) in [6.07, 6.45) is -1.38. The molecule has 1 saturated carbocycles. The Labute approximate surface area is 198 Å². The highest BCUT2D eigenvalue weighted by molar-refractivity contribution is 14.0. The van der Waals surface area contributed by atoms with E-state index in [9.17, 15) is 18.0 Å². The summed E-state index contributed by atoms with van der Waals surface area (Å²) in [5.41, 5.74) is -0.184. The smallest absolute Gasteiger partial charge is 0.416 e. The topological polar surface area (TPSA) is 66.0 Å². The van der Waals surface area contributed by atoms with Crippen LogP contribution < -0.4 is 10.6 Å². The molecule has 1 saturated heterocycles. The third-order valence-electron chi connectivity index (χ3n) is 5.84. The first-order valence-electron chi connectivity index (χ1n) is 10.3. The molecule has 1 heterocycles. The average molecular weight is 554 g/mol. The minimum atomic E-state index is -4.34. The molecule has 0 radical (unpaired) electrons. The second-order valence-electron chi connectivity index (χ2n) is 7.89. The van der Waals surface area contributed by atoms with E-state index < -0.39 is 11.7 Å². The molecule has 0 spiro atoms. The molecule has 6 nitrogen and oxygen atoms in total. The van der Waals surface area contributed by atoms with Gasteiger partial charge in [0, 0.05) is 38.1 Å². The molecule has 0 unspecified atom stereocenters. The third kappa shape index (κ3) is 6.63. The normalized spacial score (nSPS) is 18.7. The summed E-state index contributed by atoms with van der Waals surface area (Å²) >= 11 is 0. The summed E-state index contributed by atoms with van der Waals surface area (Å²) in [6.45, 7) is 3.90. The number of carbonyl (C=O) groups is 1. The molecule has 10 heteroatoms. The summed E-state index contributed by atoms with van der Waals surface area (Å²) in [5.74, 6) is 0.628. The van der Waals surface area contributed by atoms with Gasteiger partial charge in [0.25, 0.3) is 0 Å². The number of nitrogens with zero attached hydrogens (tertiary/aromatic N) is 2. The third-order valence-corrected chi connectivity index (χ3v) is 5.84. The van der Waals surface area contributed by atoms with Gasteiger partial charge in [-0.1, -0.05) is 18.2 Å². The van der Waals surface area contributed by atoms with Crippen molar-refractivity contribution in [1.82, 2.24) is 15.5 Å². The van der Waals surface area contributed by atoms with Crippen LogP contribution in [0.2, 0.25) is 0 Å². The van der Waals surface area contributed by atoms with Crippen molar-refractivity contribution < 1.29 is 22.7 Å². The van der Waals surface area contributed by atoms with E-state index in [2.05, 4.69) is 15.6 Å². The molecule has 2 N–H and O–H groups in total. The minimum absolute atomic E-state index is 0. The van der Waals surface area contributed by atoms with Crippen molar-refractivity contribution >= 4 is 36.0 Å². The molecule has 1 aromatic carbocycles. The van der Waals surface area contributed by atoms with Gasteiger partial charge in [0.05, 0.1) is 12.2 Å². The first-order valence-corrected chi connectivity index (χ1v) is 10.3. The largest absolute Gasteiger partial charge is 0.450 e. The highest BCUT2D eigenvalue weighted by Crippen LogP contribution is 2.48. The summed E-state index contributed by atoms with van der Waals surface area (Å²) in [7, 11) is 1.67. The number of nitrogens with one attached hydrogen (secondary N) is 2. The van der Waals surface area contributed by atoms with Crippen LogP contribution in [0, 0.1) is 0 Å². The van der Waals surface area contributed by atoms with Crippen molar-refractivity contribution in [3.8, 4) is 0 Å². The Balaban J connectivity index is 0.00000341. The Morgan fingerprint density at radius 2 is 1.97 bits per heavy atom. The zero-order valence-electron chi connectivity index (χ0n) is 17.8. The zero-order chi connectivity index (χ0) is 21.8. The van der Waals surface area contributed by atoms with E-state index >= 15 is 0 Å². The van der Waals surface area contributed by atoms with Crippen LogP contribution in [0.25, 0.3) is 0 Å². The predicted molar refractivity (Wildman–Crippen MR) is 124 cm³/mol. The maximum atomic E-state index is 13.0. The number of benzene rings is 1. The fourth-order valence-corrected chi connectivity index (χ4v) is 3.81. The van der Waals surface area contributed by atoms with E-state index in [-0.39, 0.29) is 41.5 Å². The van der Waals surface area contributed by atoms with Gasteiger partial charge >= 0.3 is 12.3 Å². The fraction of sp³-hybridized carbons (Fsp3) is 0.619. The van der Waals surface area contributed by atoms with Gasteiger partial charge in [0.15, 0.2) is 5.96 Å². The molecule has 1 aliphatic carbocycles. The highest BCUT2D eigenvalue weighted by atomic mass is 127. The van der Waals surface area contributed by atoms with Crippen LogP contribution in [-0.4, -0.2) is 56.3 Å². The Bertz CT molecular complexity index is 776. The van der Waals surface area contributed by atoms with Crippen LogP contribution in [0.15, 0.2) is 29.3 Å². The molecule has 1 aromatic rings. The van der Waals surface area contributed by atoms with Crippen molar-refractivity contribution in [3.63, 3.8) is 0 Å². The van der Waals surface area contributed by atoms with Crippen LogP contribution in [0.3, 0.4) is 0 Å². The van der Waals surface area contributed by atoms with Crippen LogP contribution in [0.5, 0.6) is 0 Å². The lowest BCUT2D eigenvalue weighted by Gasteiger charge is -2.32. The first-order chi connectivity index (χ1) is 14.3. The number of guanidine groups is 1. The molecule has 1 amide bonds. The van der Waals surface area contributed by atoms with Gasteiger partial charge < -0.3 is 20.3 Å². The molecule has 0 bridgehead atoms.